The molecule has 0 spiro atoms. The summed E-state index contributed by atoms with van der Waals surface area (Å²) in [5.41, 5.74) is 3.20. The number of hydrogen-bond donors (Lipinski definition) is 1. The Kier molecular flexibility index (Phi) is 6.57. The first-order chi connectivity index (χ1) is 14.3. The van der Waals surface area contributed by atoms with Crippen molar-refractivity contribution in [3.05, 3.63) is 69.9 Å². The molecule has 0 atom stereocenters. The number of carbonyl (C=O) groups is 3. The fourth-order valence-electron chi connectivity index (χ4n) is 3.20. The number of anilines is 2. The Bertz CT molecular complexity index is 1020. The van der Waals surface area contributed by atoms with E-state index < -0.39 is 17.8 Å². The Balaban J connectivity index is 1.83. The number of halogens is 1. The Labute approximate surface area is 180 Å². The van der Waals surface area contributed by atoms with Crippen LogP contribution in [0.5, 0.6) is 0 Å². The fraction of sp³-hybridized carbons (Fsp3) is 0.261. The predicted molar refractivity (Wildman–Crippen MR) is 117 cm³/mol. The molecule has 2 aromatic rings. The summed E-state index contributed by atoms with van der Waals surface area (Å²) in [4.78, 5) is 38.9. The van der Waals surface area contributed by atoms with Crippen LogP contribution in [0.15, 0.2) is 53.2 Å². The summed E-state index contributed by atoms with van der Waals surface area (Å²) in [7, 11) is 0. The monoisotopic (exact) mass is 426 g/mol. The lowest BCUT2D eigenvalue weighted by Gasteiger charge is -2.16. The summed E-state index contributed by atoms with van der Waals surface area (Å²) in [5, 5.41) is 2.77. The van der Waals surface area contributed by atoms with Gasteiger partial charge in [0.25, 0.3) is 11.8 Å². The van der Waals surface area contributed by atoms with Crippen LogP contribution in [-0.2, 0) is 14.3 Å². The van der Waals surface area contributed by atoms with E-state index in [1.807, 2.05) is 39.0 Å². The molecule has 7 heteroatoms. The number of aryl methyl sites for hydroxylation is 2. The van der Waals surface area contributed by atoms with Crippen LogP contribution in [-0.4, -0.2) is 24.4 Å². The topological polar surface area (TPSA) is 75.7 Å². The third kappa shape index (κ3) is 4.54. The zero-order valence-electron chi connectivity index (χ0n) is 17.1. The standard InChI is InChI=1S/C23H23ClN2O4/c1-4-5-9-30-23(29)16-7-6-8-18(13-16)26-21(27)19(24)20(22(26)28)25-17-11-14(2)10-15(3)12-17/h6-8,10-13,25H,4-5,9H2,1-3H3. The molecule has 1 N–H and O–H groups in total. The molecule has 0 aromatic heterocycles. The van der Waals surface area contributed by atoms with Crippen molar-refractivity contribution in [2.45, 2.75) is 33.6 Å². The Morgan fingerprint density at radius 2 is 1.77 bits per heavy atom. The largest absolute Gasteiger partial charge is 0.462 e. The fourth-order valence-corrected chi connectivity index (χ4v) is 3.41. The quantitative estimate of drug-likeness (QED) is 0.394. The second-order valence-electron chi connectivity index (χ2n) is 7.18. The summed E-state index contributed by atoms with van der Waals surface area (Å²) < 4.78 is 5.21. The van der Waals surface area contributed by atoms with Gasteiger partial charge in [0.2, 0.25) is 0 Å². The van der Waals surface area contributed by atoms with Gasteiger partial charge in [0, 0.05) is 5.69 Å². The lowest BCUT2D eigenvalue weighted by atomic mass is 10.1. The number of unbranched alkanes of at least 4 members (excludes halogenated alkanes) is 1. The van der Waals surface area contributed by atoms with E-state index in [9.17, 15) is 14.4 Å². The third-order valence-electron chi connectivity index (χ3n) is 4.59. The van der Waals surface area contributed by atoms with Crippen molar-refractivity contribution in [3.8, 4) is 0 Å². The van der Waals surface area contributed by atoms with Gasteiger partial charge in [0.15, 0.2) is 0 Å². The number of rotatable bonds is 7. The first-order valence-electron chi connectivity index (χ1n) is 9.73. The van der Waals surface area contributed by atoms with Crippen molar-refractivity contribution < 1.29 is 19.1 Å². The molecular weight excluding hydrogens is 404 g/mol. The van der Waals surface area contributed by atoms with Crippen LogP contribution in [0.4, 0.5) is 11.4 Å². The van der Waals surface area contributed by atoms with Crippen LogP contribution in [0.25, 0.3) is 0 Å². The van der Waals surface area contributed by atoms with Crippen molar-refractivity contribution in [3.63, 3.8) is 0 Å². The molecule has 1 aliphatic heterocycles. The number of imide groups is 1. The second kappa shape index (κ2) is 9.13. The maximum atomic E-state index is 13.0. The Hall–Kier alpha value is -3.12. The minimum atomic E-state index is -0.648. The van der Waals surface area contributed by atoms with Gasteiger partial charge in [0.05, 0.1) is 17.9 Å². The average molecular weight is 427 g/mol. The normalized spacial score (nSPS) is 13.8. The second-order valence-corrected chi connectivity index (χ2v) is 7.55. The number of nitrogens with zero attached hydrogens (tertiary/aromatic N) is 1. The Morgan fingerprint density at radius 3 is 2.43 bits per heavy atom. The molecule has 156 valence electrons. The highest BCUT2D eigenvalue weighted by Gasteiger charge is 2.39. The van der Waals surface area contributed by atoms with Crippen molar-refractivity contribution in [1.29, 1.82) is 0 Å². The summed E-state index contributed by atoms with van der Waals surface area (Å²) in [6.45, 7) is 6.19. The first-order valence-corrected chi connectivity index (χ1v) is 10.1. The van der Waals surface area contributed by atoms with E-state index in [-0.39, 0.29) is 22.0 Å². The molecule has 3 rings (SSSR count). The van der Waals surface area contributed by atoms with Crippen LogP contribution < -0.4 is 10.2 Å². The number of hydrogen-bond acceptors (Lipinski definition) is 5. The van der Waals surface area contributed by atoms with Crippen molar-refractivity contribution in [2.24, 2.45) is 0 Å². The maximum absolute atomic E-state index is 13.0. The van der Waals surface area contributed by atoms with Crippen LogP contribution in [0, 0.1) is 13.8 Å². The minimum absolute atomic E-state index is 0.00240. The minimum Gasteiger partial charge on any atom is -0.462 e. The van der Waals surface area contributed by atoms with Gasteiger partial charge in [-0.1, -0.05) is 37.1 Å². The zero-order chi connectivity index (χ0) is 21.8. The SMILES string of the molecule is CCCCOC(=O)c1cccc(N2C(=O)C(Cl)=C(Nc3cc(C)cc(C)c3)C2=O)c1. The lowest BCUT2D eigenvalue weighted by molar-refractivity contribution is -0.120. The molecule has 6 nitrogen and oxygen atoms in total. The molecule has 2 amide bonds. The van der Waals surface area contributed by atoms with Gasteiger partial charge in [-0.25, -0.2) is 9.69 Å². The van der Waals surface area contributed by atoms with Crippen molar-refractivity contribution >= 4 is 40.8 Å². The van der Waals surface area contributed by atoms with Crippen LogP contribution in [0.2, 0.25) is 0 Å². The predicted octanol–water partition coefficient (Wildman–Crippen LogP) is 4.70. The molecule has 0 fully saturated rings. The highest BCUT2D eigenvalue weighted by atomic mass is 35.5. The van der Waals surface area contributed by atoms with E-state index in [0.29, 0.717) is 12.3 Å². The average Bonchev–Trinajstić information content (AvgIpc) is 2.91. The summed E-state index contributed by atoms with van der Waals surface area (Å²) in [5.74, 6) is -1.73. The van der Waals surface area contributed by atoms with E-state index in [4.69, 9.17) is 16.3 Å². The first kappa shape index (κ1) is 21.6. The van der Waals surface area contributed by atoms with Gasteiger partial charge in [-0.2, -0.15) is 0 Å². The van der Waals surface area contributed by atoms with Gasteiger partial charge in [0.1, 0.15) is 10.7 Å². The molecule has 0 saturated carbocycles. The maximum Gasteiger partial charge on any atom is 0.338 e. The Morgan fingerprint density at radius 1 is 1.07 bits per heavy atom. The molecule has 0 radical (unpaired) electrons. The van der Waals surface area contributed by atoms with Crippen LogP contribution >= 0.6 is 11.6 Å². The molecule has 30 heavy (non-hydrogen) atoms. The molecule has 1 heterocycles. The van der Waals surface area contributed by atoms with E-state index >= 15 is 0 Å². The van der Waals surface area contributed by atoms with E-state index in [1.54, 1.807) is 18.2 Å². The van der Waals surface area contributed by atoms with Gasteiger partial charge in [-0.15, -0.1) is 0 Å². The van der Waals surface area contributed by atoms with E-state index in [0.717, 1.165) is 28.9 Å². The number of ether oxygens (including phenoxy) is 1. The summed E-state index contributed by atoms with van der Waals surface area (Å²) >= 11 is 6.20. The molecule has 2 aromatic carbocycles. The molecule has 0 saturated heterocycles. The zero-order valence-corrected chi connectivity index (χ0v) is 17.9. The molecule has 0 aliphatic carbocycles. The van der Waals surface area contributed by atoms with Crippen LogP contribution in [0.1, 0.15) is 41.3 Å². The molecule has 0 unspecified atom stereocenters. The third-order valence-corrected chi connectivity index (χ3v) is 4.94. The molecule has 0 bridgehead atoms. The highest BCUT2D eigenvalue weighted by Crippen LogP contribution is 2.31. The number of amides is 2. The summed E-state index contributed by atoms with van der Waals surface area (Å²) in [6.07, 6.45) is 1.67. The van der Waals surface area contributed by atoms with Gasteiger partial charge in [-0.05, 0) is 61.7 Å². The number of esters is 1. The molecular formula is C23H23ClN2O4. The smallest absolute Gasteiger partial charge is 0.338 e. The van der Waals surface area contributed by atoms with Gasteiger partial charge >= 0.3 is 5.97 Å². The van der Waals surface area contributed by atoms with Gasteiger partial charge in [-0.3, -0.25) is 9.59 Å². The van der Waals surface area contributed by atoms with Crippen LogP contribution in [0.3, 0.4) is 0 Å². The molecule has 1 aliphatic rings. The number of carbonyl (C=O) groups excluding carboxylic acids is 3. The lowest BCUT2D eigenvalue weighted by Crippen LogP contribution is -2.32. The summed E-state index contributed by atoms with van der Waals surface area (Å²) in [6, 6.07) is 11.9. The van der Waals surface area contributed by atoms with Crippen molar-refractivity contribution in [1.82, 2.24) is 0 Å². The van der Waals surface area contributed by atoms with Crippen molar-refractivity contribution in [2.75, 3.05) is 16.8 Å². The number of nitrogens with one attached hydrogen (secondary N) is 1. The van der Waals surface area contributed by atoms with E-state index in [2.05, 4.69) is 5.32 Å². The highest BCUT2D eigenvalue weighted by molar-refractivity contribution is 6.53. The van der Waals surface area contributed by atoms with E-state index in [1.165, 1.54) is 6.07 Å². The van der Waals surface area contributed by atoms with Gasteiger partial charge < -0.3 is 10.1 Å². The number of benzene rings is 2.